The standard InChI is InChI=1S/C37H60NO3/c1-6-8-9-10-11-12-13-14-15-16-17-19-23-33-26-28-35(29-27-33)41-32(3)31-40-37(39)36(22-7-2)38(4,5)30-34-24-20-18-21-25-34/h18,20-21,24-29,32,36H,6-17,19,22-23,30-31H2,1-5H3/q+1. The molecular weight excluding hydrogens is 506 g/mol. The lowest BCUT2D eigenvalue weighted by atomic mass is 10.0. The zero-order chi connectivity index (χ0) is 29.8. The van der Waals surface area contributed by atoms with Gasteiger partial charge in [-0.05, 0) is 43.9 Å². The van der Waals surface area contributed by atoms with E-state index >= 15 is 0 Å². The Morgan fingerprint density at radius 2 is 1.27 bits per heavy atom. The monoisotopic (exact) mass is 566 g/mol. The fourth-order valence-corrected chi connectivity index (χ4v) is 5.66. The molecule has 2 atom stereocenters. The topological polar surface area (TPSA) is 35.5 Å². The van der Waals surface area contributed by atoms with Crippen LogP contribution in [0.5, 0.6) is 5.75 Å². The molecule has 0 aliphatic rings. The number of likely N-dealkylation sites (N-methyl/N-ethyl adjacent to an activating group) is 1. The van der Waals surface area contributed by atoms with Crippen LogP contribution in [0.1, 0.15) is 122 Å². The number of carbonyl (C=O) groups excluding carboxylic acids is 1. The van der Waals surface area contributed by atoms with Gasteiger partial charge in [-0.15, -0.1) is 0 Å². The predicted octanol–water partition coefficient (Wildman–Crippen LogP) is 9.69. The molecule has 2 unspecified atom stereocenters. The smallest absolute Gasteiger partial charge is 0.365 e. The van der Waals surface area contributed by atoms with E-state index in [0.717, 1.165) is 31.6 Å². The van der Waals surface area contributed by atoms with Crippen LogP contribution in [0.25, 0.3) is 0 Å². The number of hydrogen-bond donors (Lipinski definition) is 0. The van der Waals surface area contributed by atoms with E-state index in [0.29, 0.717) is 4.48 Å². The summed E-state index contributed by atoms with van der Waals surface area (Å²) < 4.78 is 12.4. The van der Waals surface area contributed by atoms with Crippen molar-refractivity contribution in [1.29, 1.82) is 0 Å². The van der Waals surface area contributed by atoms with Gasteiger partial charge in [0, 0.05) is 12.0 Å². The number of quaternary nitrogens is 1. The van der Waals surface area contributed by atoms with Gasteiger partial charge in [0.05, 0.1) is 14.1 Å². The highest BCUT2D eigenvalue weighted by molar-refractivity contribution is 5.74. The first-order valence-electron chi connectivity index (χ1n) is 16.6. The van der Waals surface area contributed by atoms with Crippen molar-refractivity contribution in [2.24, 2.45) is 0 Å². The molecule has 2 aromatic carbocycles. The summed E-state index contributed by atoms with van der Waals surface area (Å²) in [6, 6.07) is 18.6. The Kier molecular flexibility index (Phi) is 17.5. The van der Waals surface area contributed by atoms with Gasteiger partial charge >= 0.3 is 5.97 Å². The van der Waals surface area contributed by atoms with Crippen LogP contribution in [0.15, 0.2) is 54.6 Å². The Morgan fingerprint density at radius 1 is 0.707 bits per heavy atom. The summed E-state index contributed by atoms with van der Waals surface area (Å²) in [7, 11) is 4.24. The Hall–Kier alpha value is -2.33. The van der Waals surface area contributed by atoms with Gasteiger partial charge in [0.1, 0.15) is 25.0 Å². The molecule has 0 saturated heterocycles. The Bertz CT molecular complexity index is 925. The van der Waals surface area contributed by atoms with Crippen molar-refractivity contribution in [3.8, 4) is 5.75 Å². The molecule has 4 heteroatoms. The van der Waals surface area contributed by atoms with E-state index in [9.17, 15) is 4.79 Å². The van der Waals surface area contributed by atoms with Gasteiger partial charge in [0.15, 0.2) is 6.04 Å². The summed E-state index contributed by atoms with van der Waals surface area (Å²) in [6.07, 6.45) is 19.2. The van der Waals surface area contributed by atoms with E-state index < -0.39 is 0 Å². The van der Waals surface area contributed by atoms with Crippen LogP contribution in [0.3, 0.4) is 0 Å². The molecule has 0 radical (unpaired) electrons. The van der Waals surface area contributed by atoms with Crippen molar-refractivity contribution in [1.82, 2.24) is 0 Å². The molecule has 0 amide bonds. The van der Waals surface area contributed by atoms with Crippen molar-refractivity contribution in [2.75, 3.05) is 20.7 Å². The molecule has 0 bridgehead atoms. The number of rotatable bonds is 23. The first-order chi connectivity index (χ1) is 19.9. The van der Waals surface area contributed by atoms with Gasteiger partial charge in [-0.3, -0.25) is 0 Å². The van der Waals surface area contributed by atoms with E-state index in [1.807, 2.05) is 37.3 Å². The van der Waals surface area contributed by atoms with Gasteiger partial charge in [0.25, 0.3) is 0 Å². The number of ether oxygens (including phenoxy) is 2. The Balaban J connectivity index is 1.64. The first kappa shape index (κ1) is 34.9. The molecule has 2 aromatic rings. The van der Waals surface area contributed by atoms with Gasteiger partial charge in [-0.2, -0.15) is 0 Å². The van der Waals surface area contributed by atoms with E-state index in [4.69, 9.17) is 9.47 Å². The van der Waals surface area contributed by atoms with Crippen LogP contribution < -0.4 is 4.74 Å². The summed E-state index contributed by atoms with van der Waals surface area (Å²) in [5.74, 6) is 0.693. The minimum Gasteiger partial charge on any atom is -0.487 e. The average molecular weight is 567 g/mol. The number of benzene rings is 2. The van der Waals surface area contributed by atoms with Crippen LogP contribution >= 0.6 is 0 Å². The van der Waals surface area contributed by atoms with Gasteiger partial charge in [0.2, 0.25) is 0 Å². The first-order valence-corrected chi connectivity index (χ1v) is 16.6. The average Bonchev–Trinajstić information content (AvgIpc) is 2.96. The quantitative estimate of drug-likeness (QED) is 0.0763. The van der Waals surface area contributed by atoms with E-state index in [-0.39, 0.29) is 24.7 Å². The van der Waals surface area contributed by atoms with Crippen LogP contribution in [0.2, 0.25) is 0 Å². The number of hydrogen-bond acceptors (Lipinski definition) is 3. The minimum absolute atomic E-state index is 0.138. The number of unbranched alkanes of at least 4 members (excludes halogenated alkanes) is 11. The highest BCUT2D eigenvalue weighted by Crippen LogP contribution is 2.21. The zero-order valence-corrected chi connectivity index (χ0v) is 27.0. The summed E-state index contributed by atoms with van der Waals surface area (Å²) in [5.41, 5.74) is 2.59. The summed E-state index contributed by atoms with van der Waals surface area (Å²) >= 11 is 0. The van der Waals surface area contributed by atoms with Crippen LogP contribution in [0.4, 0.5) is 0 Å². The van der Waals surface area contributed by atoms with Crippen molar-refractivity contribution in [2.45, 2.75) is 136 Å². The molecule has 0 fully saturated rings. The fraction of sp³-hybridized carbons (Fsp3) is 0.649. The largest absolute Gasteiger partial charge is 0.487 e. The maximum absolute atomic E-state index is 13.1. The third-order valence-electron chi connectivity index (χ3n) is 8.15. The maximum atomic E-state index is 13.1. The third-order valence-corrected chi connectivity index (χ3v) is 8.15. The van der Waals surface area contributed by atoms with E-state index in [1.54, 1.807) is 0 Å². The van der Waals surface area contributed by atoms with Crippen LogP contribution in [-0.4, -0.2) is 43.3 Å². The summed E-state index contributed by atoms with van der Waals surface area (Å²) in [6.45, 7) is 7.41. The molecule has 0 heterocycles. The molecular formula is C37H60NO3+. The van der Waals surface area contributed by atoms with Crippen molar-refractivity contribution < 1.29 is 18.8 Å². The van der Waals surface area contributed by atoms with Gasteiger partial charge in [-0.1, -0.05) is 127 Å². The lowest BCUT2D eigenvalue weighted by Crippen LogP contribution is -2.53. The van der Waals surface area contributed by atoms with Gasteiger partial charge < -0.3 is 14.0 Å². The Labute approximate surface area is 252 Å². The molecule has 2 rings (SSSR count). The lowest BCUT2D eigenvalue weighted by molar-refractivity contribution is -0.920. The lowest BCUT2D eigenvalue weighted by Gasteiger charge is -2.36. The van der Waals surface area contributed by atoms with Crippen molar-refractivity contribution in [3.63, 3.8) is 0 Å². The highest BCUT2D eigenvalue weighted by atomic mass is 16.6. The summed E-state index contributed by atoms with van der Waals surface area (Å²) in [4.78, 5) is 13.1. The zero-order valence-electron chi connectivity index (χ0n) is 27.0. The number of esters is 1. The van der Waals surface area contributed by atoms with E-state index in [2.05, 4.69) is 52.2 Å². The molecule has 0 saturated carbocycles. The van der Waals surface area contributed by atoms with E-state index in [1.165, 1.54) is 88.2 Å². The second-order valence-electron chi connectivity index (χ2n) is 12.6. The molecule has 0 aliphatic heterocycles. The number of nitrogens with zero attached hydrogens (tertiary/aromatic N) is 1. The predicted molar refractivity (Wildman–Crippen MR) is 173 cm³/mol. The molecule has 0 aliphatic carbocycles. The molecule has 230 valence electrons. The van der Waals surface area contributed by atoms with Gasteiger partial charge in [-0.25, -0.2) is 4.79 Å². The second kappa shape index (κ2) is 20.5. The van der Waals surface area contributed by atoms with Crippen molar-refractivity contribution in [3.05, 3.63) is 65.7 Å². The third kappa shape index (κ3) is 14.9. The number of carbonyl (C=O) groups is 1. The SMILES string of the molecule is CCCCCCCCCCCCCCc1ccc(OC(C)COC(=O)C(CCC)[N+](C)(C)Cc2ccccc2)cc1. The fourth-order valence-electron chi connectivity index (χ4n) is 5.66. The molecule has 0 aromatic heterocycles. The summed E-state index contributed by atoms with van der Waals surface area (Å²) in [5, 5.41) is 0. The molecule has 4 nitrogen and oxygen atoms in total. The minimum atomic E-state index is -0.202. The Morgan fingerprint density at radius 3 is 1.83 bits per heavy atom. The highest BCUT2D eigenvalue weighted by Gasteiger charge is 2.36. The normalized spacial score (nSPS) is 13.1. The van der Waals surface area contributed by atoms with Crippen LogP contribution in [-0.2, 0) is 22.5 Å². The molecule has 41 heavy (non-hydrogen) atoms. The molecule has 0 N–H and O–H groups in total. The van der Waals surface area contributed by atoms with Crippen LogP contribution in [0, 0.1) is 0 Å². The second-order valence-corrected chi connectivity index (χ2v) is 12.6. The van der Waals surface area contributed by atoms with Crippen molar-refractivity contribution >= 4 is 5.97 Å². The molecule has 0 spiro atoms. The number of aryl methyl sites for hydroxylation is 1. The maximum Gasteiger partial charge on any atom is 0.365 e.